The van der Waals surface area contributed by atoms with E-state index in [1.54, 1.807) is 32.5 Å². The molecule has 3 rings (SSSR count). The lowest BCUT2D eigenvalue weighted by atomic mass is 9.84. The molecular formula is C28H31NO4S. The Morgan fingerprint density at radius 1 is 0.824 bits per heavy atom. The number of alkyl carbamates (subject to hydrolysis) is 1. The van der Waals surface area contributed by atoms with E-state index in [2.05, 4.69) is 41.7 Å². The third-order valence-electron chi connectivity index (χ3n) is 5.26. The highest BCUT2D eigenvalue weighted by Crippen LogP contribution is 2.48. The molecule has 34 heavy (non-hydrogen) atoms. The number of benzene rings is 3. The summed E-state index contributed by atoms with van der Waals surface area (Å²) in [5.41, 5.74) is 2.60. The topological polar surface area (TPSA) is 75.6 Å². The van der Waals surface area contributed by atoms with Crippen molar-refractivity contribution >= 4 is 23.8 Å². The number of ether oxygens (including phenoxy) is 1. The van der Waals surface area contributed by atoms with Gasteiger partial charge in [-0.3, -0.25) is 0 Å². The van der Waals surface area contributed by atoms with Crippen LogP contribution in [0.1, 0.15) is 43.9 Å². The van der Waals surface area contributed by atoms with Gasteiger partial charge in [0.2, 0.25) is 0 Å². The van der Waals surface area contributed by atoms with Crippen LogP contribution in [-0.4, -0.2) is 34.6 Å². The van der Waals surface area contributed by atoms with E-state index < -0.39 is 28.5 Å². The minimum absolute atomic E-state index is 0.244. The van der Waals surface area contributed by atoms with E-state index in [9.17, 15) is 14.7 Å². The summed E-state index contributed by atoms with van der Waals surface area (Å²) >= 11 is 1.66. The third kappa shape index (κ3) is 6.41. The molecule has 3 aromatic carbocycles. The molecule has 0 spiro atoms. The Labute approximate surface area is 205 Å². The normalized spacial score (nSPS) is 12.6. The molecule has 0 aliphatic heterocycles. The zero-order chi connectivity index (χ0) is 24.6. The number of hydrogen-bond donors (Lipinski definition) is 2. The highest BCUT2D eigenvalue weighted by molar-refractivity contribution is 8.00. The summed E-state index contributed by atoms with van der Waals surface area (Å²) in [5.74, 6) is -0.595. The van der Waals surface area contributed by atoms with Crippen molar-refractivity contribution in [2.75, 3.05) is 5.75 Å². The van der Waals surface area contributed by atoms with Crippen LogP contribution in [0.25, 0.3) is 0 Å². The Morgan fingerprint density at radius 3 is 1.59 bits per heavy atom. The first-order valence-electron chi connectivity index (χ1n) is 11.3. The van der Waals surface area contributed by atoms with Crippen molar-refractivity contribution in [2.45, 2.75) is 43.6 Å². The van der Waals surface area contributed by atoms with Crippen LogP contribution in [0.4, 0.5) is 4.79 Å². The highest BCUT2D eigenvalue weighted by Gasteiger charge is 2.37. The number of nitrogens with one attached hydrogen (secondary N) is 1. The Balaban J connectivity index is 1.92. The largest absolute Gasteiger partial charge is 0.480 e. The molecule has 3 aromatic rings. The summed E-state index contributed by atoms with van der Waals surface area (Å²) in [5, 5.41) is 12.2. The number of carboxylic acid groups (broad SMARTS) is 1. The lowest BCUT2D eigenvalue weighted by Gasteiger charge is -2.36. The maximum absolute atomic E-state index is 12.2. The summed E-state index contributed by atoms with van der Waals surface area (Å²) in [6, 6.07) is 29.6. The van der Waals surface area contributed by atoms with Gasteiger partial charge in [-0.2, -0.15) is 0 Å². The molecule has 6 heteroatoms. The fraction of sp³-hybridized carbons (Fsp3) is 0.286. The molecule has 178 valence electrons. The average molecular weight is 478 g/mol. The second-order valence-corrected chi connectivity index (χ2v) is 10.3. The fourth-order valence-corrected chi connectivity index (χ4v) is 5.37. The summed E-state index contributed by atoms with van der Waals surface area (Å²) in [7, 11) is 0. The van der Waals surface area contributed by atoms with E-state index in [1.807, 2.05) is 54.6 Å². The van der Waals surface area contributed by atoms with Gasteiger partial charge in [0.25, 0.3) is 0 Å². The number of thioether (sulfide) groups is 1. The Kier molecular flexibility index (Phi) is 8.40. The zero-order valence-corrected chi connectivity index (χ0v) is 20.5. The quantitative estimate of drug-likeness (QED) is 0.365. The molecule has 2 N–H and O–H groups in total. The van der Waals surface area contributed by atoms with Crippen LogP contribution < -0.4 is 5.32 Å². The van der Waals surface area contributed by atoms with Gasteiger partial charge in [0.1, 0.15) is 11.6 Å². The van der Waals surface area contributed by atoms with Gasteiger partial charge in [-0.15, -0.1) is 11.8 Å². The maximum atomic E-state index is 12.2. The van der Waals surface area contributed by atoms with Crippen molar-refractivity contribution < 1.29 is 19.4 Å². The van der Waals surface area contributed by atoms with Gasteiger partial charge >= 0.3 is 12.1 Å². The van der Waals surface area contributed by atoms with E-state index in [1.165, 1.54) is 0 Å². The lowest BCUT2D eigenvalue weighted by molar-refractivity contribution is -0.139. The van der Waals surface area contributed by atoms with Crippen LogP contribution in [0.2, 0.25) is 0 Å². The standard InChI is InChI=1S/C28H31NO4S/c1-27(2,3)33-26(32)29-24(25(30)31)19-20-34-28(21-13-7-4-8-14-21,22-15-9-5-10-16-22)23-17-11-6-12-18-23/h4-18,24H,19-20H2,1-3H3,(H,29,32)(H,30,31)/t24-/m0/s1. The van der Waals surface area contributed by atoms with E-state index in [-0.39, 0.29) is 6.42 Å². The molecule has 0 saturated heterocycles. The Morgan fingerprint density at radius 2 is 1.24 bits per heavy atom. The van der Waals surface area contributed by atoms with Gasteiger partial charge in [-0.05, 0) is 49.6 Å². The number of rotatable bonds is 9. The van der Waals surface area contributed by atoms with Crippen molar-refractivity contribution in [3.05, 3.63) is 108 Å². The summed E-state index contributed by atoms with van der Waals surface area (Å²) in [4.78, 5) is 24.1. The summed E-state index contributed by atoms with van der Waals surface area (Å²) in [6.07, 6.45) is -0.488. The van der Waals surface area contributed by atoms with Gasteiger partial charge < -0.3 is 15.2 Å². The van der Waals surface area contributed by atoms with Gasteiger partial charge in [0, 0.05) is 0 Å². The number of carboxylic acids is 1. The van der Waals surface area contributed by atoms with E-state index in [0.717, 1.165) is 16.7 Å². The lowest BCUT2D eigenvalue weighted by Crippen LogP contribution is -2.44. The minimum Gasteiger partial charge on any atom is -0.480 e. The molecule has 5 nitrogen and oxygen atoms in total. The molecule has 0 fully saturated rings. The first-order chi connectivity index (χ1) is 16.2. The first kappa shape index (κ1) is 25.4. The van der Waals surface area contributed by atoms with Crippen LogP contribution in [0.3, 0.4) is 0 Å². The molecule has 0 saturated carbocycles. The van der Waals surface area contributed by atoms with Crippen molar-refractivity contribution in [3.8, 4) is 0 Å². The molecule has 0 aromatic heterocycles. The summed E-state index contributed by atoms with van der Waals surface area (Å²) < 4.78 is 4.71. The monoisotopic (exact) mass is 477 g/mol. The third-order valence-corrected chi connectivity index (χ3v) is 6.84. The molecule has 0 bridgehead atoms. The molecule has 0 heterocycles. The van der Waals surface area contributed by atoms with Crippen molar-refractivity contribution in [3.63, 3.8) is 0 Å². The van der Waals surface area contributed by atoms with Crippen molar-refractivity contribution in [2.24, 2.45) is 0 Å². The number of aliphatic carboxylic acids is 1. The molecular weight excluding hydrogens is 446 g/mol. The fourth-order valence-electron chi connectivity index (χ4n) is 3.81. The Bertz CT molecular complexity index is 969. The molecule has 0 aliphatic carbocycles. The van der Waals surface area contributed by atoms with Crippen LogP contribution >= 0.6 is 11.8 Å². The zero-order valence-electron chi connectivity index (χ0n) is 19.7. The van der Waals surface area contributed by atoms with Gasteiger partial charge in [-0.1, -0.05) is 91.0 Å². The van der Waals surface area contributed by atoms with Gasteiger partial charge in [0.05, 0.1) is 4.75 Å². The van der Waals surface area contributed by atoms with Crippen LogP contribution in [-0.2, 0) is 14.3 Å². The molecule has 0 unspecified atom stereocenters. The van der Waals surface area contributed by atoms with Crippen molar-refractivity contribution in [1.82, 2.24) is 5.32 Å². The molecule has 1 amide bonds. The van der Waals surface area contributed by atoms with Crippen LogP contribution in [0, 0.1) is 0 Å². The highest BCUT2D eigenvalue weighted by atomic mass is 32.2. The summed E-state index contributed by atoms with van der Waals surface area (Å²) in [6.45, 7) is 5.23. The van der Waals surface area contributed by atoms with Crippen LogP contribution in [0.15, 0.2) is 91.0 Å². The second kappa shape index (κ2) is 11.3. The van der Waals surface area contributed by atoms with Crippen LogP contribution in [0.5, 0.6) is 0 Å². The Hall–Kier alpha value is -3.25. The van der Waals surface area contributed by atoms with Gasteiger partial charge in [0.15, 0.2) is 0 Å². The van der Waals surface area contributed by atoms with E-state index in [0.29, 0.717) is 5.75 Å². The number of hydrogen-bond acceptors (Lipinski definition) is 4. The number of carbonyl (C=O) groups excluding carboxylic acids is 1. The predicted molar refractivity (Wildman–Crippen MR) is 137 cm³/mol. The maximum Gasteiger partial charge on any atom is 0.408 e. The minimum atomic E-state index is -1.09. The molecule has 1 atom stereocenters. The number of carbonyl (C=O) groups is 2. The molecule has 0 aliphatic rings. The molecule has 0 radical (unpaired) electrons. The predicted octanol–water partition coefficient (Wildman–Crippen LogP) is 6.08. The average Bonchev–Trinajstić information content (AvgIpc) is 2.81. The first-order valence-corrected chi connectivity index (χ1v) is 12.2. The second-order valence-electron chi connectivity index (χ2n) is 8.95. The van der Waals surface area contributed by atoms with E-state index >= 15 is 0 Å². The van der Waals surface area contributed by atoms with E-state index in [4.69, 9.17) is 4.74 Å². The number of amides is 1. The SMILES string of the molecule is CC(C)(C)OC(=O)N[C@@H](CCSC(c1ccccc1)(c1ccccc1)c1ccccc1)C(=O)O. The van der Waals surface area contributed by atoms with Crippen molar-refractivity contribution in [1.29, 1.82) is 0 Å². The smallest absolute Gasteiger partial charge is 0.408 e. The van der Waals surface area contributed by atoms with Gasteiger partial charge in [-0.25, -0.2) is 9.59 Å².